The Morgan fingerprint density at radius 3 is 2.74 bits per heavy atom. The fraction of sp³-hybridized carbons (Fsp3) is 0.667. The summed E-state index contributed by atoms with van der Waals surface area (Å²) in [7, 11) is 1.59. The molecule has 0 spiro atoms. The summed E-state index contributed by atoms with van der Waals surface area (Å²) in [6, 6.07) is 0.778. The Morgan fingerprint density at radius 2 is 2.09 bits per heavy atom. The van der Waals surface area contributed by atoms with Crippen molar-refractivity contribution in [2.45, 2.75) is 52.1 Å². The van der Waals surface area contributed by atoms with Crippen LogP contribution in [0.2, 0.25) is 0 Å². The second-order valence-corrected chi connectivity index (χ2v) is 5.96. The number of nitrogens with zero attached hydrogens (tertiary/aromatic N) is 4. The van der Waals surface area contributed by atoms with Crippen LogP contribution in [0.5, 0.6) is 6.01 Å². The first-order chi connectivity index (χ1) is 11.1. The first-order valence-corrected chi connectivity index (χ1v) is 8.54. The lowest BCUT2D eigenvalue weighted by Crippen LogP contribution is -2.17. The van der Waals surface area contributed by atoms with Crippen molar-refractivity contribution >= 4 is 34.5 Å². The second kappa shape index (κ2) is 8.19. The number of hydrogen-bond donors (Lipinski definition) is 2. The van der Waals surface area contributed by atoms with E-state index in [2.05, 4.69) is 34.1 Å². The Hall–Kier alpha value is -1.76. The molecule has 0 aliphatic rings. The van der Waals surface area contributed by atoms with E-state index in [1.54, 1.807) is 7.11 Å². The Kier molecular flexibility index (Phi) is 6.27. The standard InChI is InChI=1S/C15H25ClN6O/c1-4-7-10(2)18-14-20-12(17)11-13(21-14)22(9-6-5-8-16)15(19-11)23-3/h10H,4-9H2,1-3H3,(H3,17,18,20,21)/t10-/m0/s1. The zero-order valence-corrected chi connectivity index (χ0v) is 14.7. The van der Waals surface area contributed by atoms with Crippen LogP contribution in [0.3, 0.4) is 0 Å². The highest BCUT2D eigenvalue weighted by Crippen LogP contribution is 2.25. The van der Waals surface area contributed by atoms with Crippen LogP contribution >= 0.6 is 11.6 Å². The topological polar surface area (TPSA) is 90.9 Å². The summed E-state index contributed by atoms with van der Waals surface area (Å²) in [6.07, 6.45) is 3.98. The number of methoxy groups -OCH3 is 1. The van der Waals surface area contributed by atoms with Crippen LogP contribution < -0.4 is 15.8 Å². The number of rotatable bonds is 9. The second-order valence-electron chi connectivity index (χ2n) is 5.58. The zero-order valence-electron chi connectivity index (χ0n) is 14.0. The van der Waals surface area contributed by atoms with Crippen molar-refractivity contribution in [1.82, 2.24) is 19.5 Å². The average Bonchev–Trinajstić information content (AvgIpc) is 2.86. The molecular formula is C15H25ClN6O. The highest BCUT2D eigenvalue weighted by Gasteiger charge is 2.17. The van der Waals surface area contributed by atoms with Gasteiger partial charge in [0.2, 0.25) is 5.95 Å². The van der Waals surface area contributed by atoms with E-state index in [0.717, 1.165) is 32.2 Å². The van der Waals surface area contributed by atoms with Crippen LogP contribution in [0.4, 0.5) is 11.8 Å². The van der Waals surface area contributed by atoms with E-state index in [9.17, 15) is 0 Å². The monoisotopic (exact) mass is 340 g/mol. The molecule has 0 radical (unpaired) electrons. The SMILES string of the molecule is CCC[C@H](C)Nc1nc(N)c2nc(OC)n(CCCCCl)c2n1. The van der Waals surface area contributed by atoms with Gasteiger partial charge in [0.25, 0.3) is 6.01 Å². The number of ether oxygens (including phenoxy) is 1. The van der Waals surface area contributed by atoms with Gasteiger partial charge in [-0.25, -0.2) is 0 Å². The third-order valence-electron chi connectivity index (χ3n) is 3.63. The molecular weight excluding hydrogens is 316 g/mol. The summed E-state index contributed by atoms with van der Waals surface area (Å²) >= 11 is 5.76. The number of nitrogens with two attached hydrogens (primary N) is 1. The molecule has 8 heteroatoms. The maximum Gasteiger partial charge on any atom is 0.298 e. The van der Waals surface area contributed by atoms with E-state index in [4.69, 9.17) is 22.1 Å². The third-order valence-corrected chi connectivity index (χ3v) is 3.90. The van der Waals surface area contributed by atoms with E-state index in [-0.39, 0.29) is 6.04 Å². The van der Waals surface area contributed by atoms with Crippen LogP contribution in [0, 0.1) is 0 Å². The predicted molar refractivity (Wildman–Crippen MR) is 94.2 cm³/mol. The average molecular weight is 341 g/mol. The number of halogens is 1. The Morgan fingerprint density at radius 1 is 1.30 bits per heavy atom. The molecule has 3 N–H and O–H groups in total. The number of nitrogen functional groups attached to an aromatic ring is 1. The number of imidazole rings is 1. The van der Waals surface area contributed by atoms with Gasteiger partial charge in [-0.3, -0.25) is 4.57 Å². The molecule has 0 saturated heterocycles. The van der Waals surface area contributed by atoms with E-state index in [1.165, 1.54) is 0 Å². The summed E-state index contributed by atoms with van der Waals surface area (Å²) < 4.78 is 7.28. The fourth-order valence-corrected chi connectivity index (χ4v) is 2.70. The molecule has 0 fully saturated rings. The lowest BCUT2D eigenvalue weighted by Gasteiger charge is -2.13. The molecule has 1 atom stereocenters. The molecule has 128 valence electrons. The van der Waals surface area contributed by atoms with Gasteiger partial charge in [-0.15, -0.1) is 11.6 Å². The fourth-order valence-electron chi connectivity index (χ4n) is 2.51. The minimum absolute atomic E-state index is 0.284. The number of fused-ring (bicyclic) bond motifs is 1. The summed E-state index contributed by atoms with van der Waals surface area (Å²) in [4.78, 5) is 13.3. The first-order valence-electron chi connectivity index (χ1n) is 8.00. The largest absolute Gasteiger partial charge is 0.468 e. The normalized spacial score (nSPS) is 12.5. The van der Waals surface area contributed by atoms with Crippen LogP contribution in [-0.4, -0.2) is 38.6 Å². The molecule has 0 aromatic carbocycles. The van der Waals surface area contributed by atoms with Crippen LogP contribution in [-0.2, 0) is 6.54 Å². The summed E-state index contributed by atoms with van der Waals surface area (Å²) in [5, 5.41) is 3.29. The zero-order chi connectivity index (χ0) is 16.8. The molecule has 2 aromatic rings. The Bertz CT molecular complexity index is 644. The van der Waals surface area contributed by atoms with Crippen molar-refractivity contribution in [3.8, 4) is 6.01 Å². The van der Waals surface area contributed by atoms with Crippen LogP contribution in [0.1, 0.15) is 39.5 Å². The molecule has 0 amide bonds. The van der Waals surface area contributed by atoms with Gasteiger partial charge in [0, 0.05) is 18.5 Å². The van der Waals surface area contributed by atoms with Crippen molar-refractivity contribution in [2.24, 2.45) is 0 Å². The van der Waals surface area contributed by atoms with Crippen LogP contribution in [0.25, 0.3) is 11.2 Å². The van der Waals surface area contributed by atoms with E-state index < -0.39 is 0 Å². The van der Waals surface area contributed by atoms with Gasteiger partial charge in [-0.05, 0) is 26.2 Å². The molecule has 0 bridgehead atoms. The minimum atomic E-state index is 0.284. The lowest BCUT2D eigenvalue weighted by atomic mass is 10.2. The highest BCUT2D eigenvalue weighted by atomic mass is 35.5. The van der Waals surface area contributed by atoms with E-state index in [1.807, 2.05) is 4.57 Å². The quantitative estimate of drug-likeness (QED) is 0.538. The smallest absolute Gasteiger partial charge is 0.298 e. The number of hydrogen-bond acceptors (Lipinski definition) is 6. The molecule has 7 nitrogen and oxygen atoms in total. The molecule has 2 rings (SSSR count). The van der Waals surface area contributed by atoms with Crippen molar-refractivity contribution in [2.75, 3.05) is 24.0 Å². The van der Waals surface area contributed by atoms with Gasteiger partial charge in [0.15, 0.2) is 17.0 Å². The molecule has 2 aromatic heterocycles. The molecule has 0 unspecified atom stereocenters. The minimum Gasteiger partial charge on any atom is -0.468 e. The van der Waals surface area contributed by atoms with Crippen molar-refractivity contribution in [3.05, 3.63) is 0 Å². The maximum atomic E-state index is 6.05. The van der Waals surface area contributed by atoms with Gasteiger partial charge < -0.3 is 15.8 Å². The van der Waals surface area contributed by atoms with Gasteiger partial charge >= 0.3 is 0 Å². The number of anilines is 2. The third kappa shape index (κ3) is 4.16. The van der Waals surface area contributed by atoms with Gasteiger partial charge in [0.1, 0.15) is 0 Å². The van der Waals surface area contributed by atoms with Crippen molar-refractivity contribution in [3.63, 3.8) is 0 Å². The molecule has 23 heavy (non-hydrogen) atoms. The highest BCUT2D eigenvalue weighted by molar-refractivity contribution is 6.17. The lowest BCUT2D eigenvalue weighted by molar-refractivity contribution is 0.357. The number of unbranched alkanes of at least 4 members (excludes halogenated alkanes) is 1. The van der Waals surface area contributed by atoms with Crippen molar-refractivity contribution in [1.29, 1.82) is 0 Å². The molecule has 0 saturated carbocycles. The van der Waals surface area contributed by atoms with Gasteiger partial charge in [-0.1, -0.05) is 13.3 Å². The Labute approximate surface area is 141 Å². The molecule has 0 aliphatic carbocycles. The summed E-state index contributed by atoms with van der Waals surface area (Å²) in [6.45, 7) is 4.98. The predicted octanol–water partition coefficient (Wildman–Crippen LogP) is 3.04. The summed E-state index contributed by atoms with van der Waals surface area (Å²) in [5.41, 5.74) is 7.32. The molecule has 2 heterocycles. The first kappa shape index (κ1) is 17.6. The maximum absolute atomic E-state index is 6.05. The van der Waals surface area contributed by atoms with E-state index in [0.29, 0.717) is 34.8 Å². The number of nitrogens with one attached hydrogen (secondary N) is 1. The van der Waals surface area contributed by atoms with Crippen molar-refractivity contribution < 1.29 is 4.74 Å². The number of aryl methyl sites for hydroxylation is 1. The van der Waals surface area contributed by atoms with E-state index >= 15 is 0 Å². The number of alkyl halides is 1. The Balaban J connectivity index is 2.36. The van der Waals surface area contributed by atoms with Crippen LogP contribution in [0.15, 0.2) is 0 Å². The molecule has 0 aliphatic heterocycles. The number of aromatic nitrogens is 4. The van der Waals surface area contributed by atoms with Gasteiger partial charge in [0.05, 0.1) is 7.11 Å². The van der Waals surface area contributed by atoms with Gasteiger partial charge in [-0.2, -0.15) is 15.0 Å². The summed E-state index contributed by atoms with van der Waals surface area (Å²) in [5.74, 6) is 1.51.